The standard InChI is InChI=1S/C13H23NO4/c1-3-11-8-10(13(16)17)6-5-7-14(11)9-12(15)18-4-2/h10-11H,3-9H2,1-2H3,(H,16,17). The lowest BCUT2D eigenvalue weighted by Crippen LogP contribution is -2.39. The highest BCUT2D eigenvalue weighted by atomic mass is 16.5. The van der Waals surface area contributed by atoms with Crippen molar-refractivity contribution in [3.63, 3.8) is 0 Å². The van der Waals surface area contributed by atoms with E-state index in [1.165, 1.54) is 0 Å². The van der Waals surface area contributed by atoms with Gasteiger partial charge in [0.25, 0.3) is 0 Å². The molecule has 5 heteroatoms. The average molecular weight is 257 g/mol. The first-order chi connectivity index (χ1) is 8.58. The topological polar surface area (TPSA) is 66.8 Å². The third-order valence-corrected chi connectivity index (χ3v) is 3.53. The van der Waals surface area contributed by atoms with Crippen molar-refractivity contribution in [1.82, 2.24) is 4.90 Å². The number of esters is 1. The molecule has 1 heterocycles. The van der Waals surface area contributed by atoms with Gasteiger partial charge in [-0.25, -0.2) is 0 Å². The molecule has 104 valence electrons. The minimum absolute atomic E-state index is 0.165. The van der Waals surface area contributed by atoms with Gasteiger partial charge in [-0.15, -0.1) is 0 Å². The molecule has 0 amide bonds. The molecule has 0 aromatic carbocycles. The maximum absolute atomic E-state index is 11.5. The summed E-state index contributed by atoms with van der Waals surface area (Å²) in [4.78, 5) is 24.7. The van der Waals surface area contributed by atoms with Crippen molar-refractivity contribution in [3.8, 4) is 0 Å². The zero-order valence-corrected chi connectivity index (χ0v) is 11.2. The van der Waals surface area contributed by atoms with E-state index in [1.807, 2.05) is 6.92 Å². The Morgan fingerprint density at radius 1 is 1.39 bits per heavy atom. The monoisotopic (exact) mass is 257 g/mol. The number of ether oxygens (including phenoxy) is 1. The van der Waals surface area contributed by atoms with Gasteiger partial charge in [-0.2, -0.15) is 0 Å². The average Bonchev–Trinajstić information content (AvgIpc) is 2.51. The lowest BCUT2D eigenvalue weighted by atomic mass is 9.96. The second kappa shape index (κ2) is 7.36. The summed E-state index contributed by atoms with van der Waals surface area (Å²) in [6.07, 6.45) is 3.02. The van der Waals surface area contributed by atoms with Crippen molar-refractivity contribution in [3.05, 3.63) is 0 Å². The van der Waals surface area contributed by atoms with Crippen LogP contribution in [-0.4, -0.2) is 47.7 Å². The van der Waals surface area contributed by atoms with Crippen LogP contribution in [0.2, 0.25) is 0 Å². The Morgan fingerprint density at radius 2 is 2.11 bits per heavy atom. The summed E-state index contributed by atoms with van der Waals surface area (Å²) in [5.41, 5.74) is 0. The minimum atomic E-state index is -0.716. The van der Waals surface area contributed by atoms with E-state index in [4.69, 9.17) is 9.84 Å². The molecular weight excluding hydrogens is 234 g/mol. The fourth-order valence-electron chi connectivity index (χ4n) is 2.55. The molecule has 1 aliphatic heterocycles. The van der Waals surface area contributed by atoms with Gasteiger partial charge in [-0.1, -0.05) is 6.92 Å². The Bertz CT molecular complexity index is 293. The highest BCUT2D eigenvalue weighted by Crippen LogP contribution is 2.24. The summed E-state index contributed by atoms with van der Waals surface area (Å²) >= 11 is 0. The first-order valence-electron chi connectivity index (χ1n) is 6.70. The van der Waals surface area contributed by atoms with Gasteiger partial charge in [-0.3, -0.25) is 14.5 Å². The molecule has 1 rings (SSSR count). The molecular formula is C13H23NO4. The van der Waals surface area contributed by atoms with Crippen LogP contribution in [0.3, 0.4) is 0 Å². The van der Waals surface area contributed by atoms with Crippen LogP contribution < -0.4 is 0 Å². The van der Waals surface area contributed by atoms with Gasteiger partial charge in [-0.05, 0) is 39.2 Å². The molecule has 1 saturated heterocycles. The van der Waals surface area contributed by atoms with Crippen molar-refractivity contribution in [1.29, 1.82) is 0 Å². The van der Waals surface area contributed by atoms with Crippen molar-refractivity contribution in [2.45, 2.75) is 45.6 Å². The first kappa shape index (κ1) is 15.0. The molecule has 0 bridgehead atoms. The predicted octanol–water partition coefficient (Wildman–Crippen LogP) is 1.51. The number of carboxylic acid groups (broad SMARTS) is 1. The van der Waals surface area contributed by atoms with E-state index in [9.17, 15) is 9.59 Å². The van der Waals surface area contributed by atoms with Crippen molar-refractivity contribution < 1.29 is 19.4 Å². The number of carbonyl (C=O) groups is 2. The van der Waals surface area contributed by atoms with Gasteiger partial charge in [0.15, 0.2) is 0 Å². The molecule has 0 radical (unpaired) electrons. The summed E-state index contributed by atoms with van der Waals surface area (Å²) in [6, 6.07) is 0.165. The van der Waals surface area contributed by atoms with Crippen LogP contribution in [0.5, 0.6) is 0 Å². The highest BCUT2D eigenvalue weighted by Gasteiger charge is 2.29. The predicted molar refractivity (Wildman–Crippen MR) is 67.3 cm³/mol. The van der Waals surface area contributed by atoms with Crippen LogP contribution in [0.25, 0.3) is 0 Å². The van der Waals surface area contributed by atoms with Gasteiger partial charge < -0.3 is 9.84 Å². The number of nitrogens with zero attached hydrogens (tertiary/aromatic N) is 1. The molecule has 0 aliphatic carbocycles. The van der Waals surface area contributed by atoms with Crippen LogP contribution in [0.15, 0.2) is 0 Å². The number of hydrogen-bond donors (Lipinski definition) is 1. The van der Waals surface area contributed by atoms with Crippen molar-refractivity contribution in [2.24, 2.45) is 5.92 Å². The molecule has 18 heavy (non-hydrogen) atoms. The fourth-order valence-corrected chi connectivity index (χ4v) is 2.55. The molecule has 1 aliphatic rings. The summed E-state index contributed by atoms with van der Waals surface area (Å²) < 4.78 is 4.96. The Hall–Kier alpha value is -1.10. The van der Waals surface area contributed by atoms with E-state index in [2.05, 4.69) is 4.90 Å². The SMILES string of the molecule is CCOC(=O)CN1CCCC(C(=O)O)CC1CC. The second-order valence-electron chi connectivity index (χ2n) is 4.75. The summed E-state index contributed by atoms with van der Waals surface area (Å²) in [5, 5.41) is 9.12. The van der Waals surface area contributed by atoms with Gasteiger partial charge >= 0.3 is 11.9 Å². The lowest BCUT2D eigenvalue weighted by molar-refractivity contribution is -0.145. The number of likely N-dealkylation sites (tertiary alicyclic amines) is 1. The normalized spacial score (nSPS) is 25.4. The van der Waals surface area contributed by atoms with Crippen molar-refractivity contribution >= 4 is 11.9 Å². The van der Waals surface area contributed by atoms with E-state index < -0.39 is 5.97 Å². The van der Waals surface area contributed by atoms with Crippen LogP contribution >= 0.6 is 0 Å². The molecule has 1 N–H and O–H groups in total. The molecule has 2 atom stereocenters. The van der Waals surface area contributed by atoms with Gasteiger partial charge in [0.2, 0.25) is 0 Å². The molecule has 0 aromatic heterocycles. The molecule has 0 saturated carbocycles. The van der Waals surface area contributed by atoms with Gasteiger partial charge in [0.05, 0.1) is 19.1 Å². The molecule has 1 fully saturated rings. The molecule has 2 unspecified atom stereocenters. The second-order valence-corrected chi connectivity index (χ2v) is 4.75. The zero-order valence-electron chi connectivity index (χ0n) is 11.2. The van der Waals surface area contributed by atoms with E-state index in [0.717, 1.165) is 19.4 Å². The summed E-state index contributed by atoms with van der Waals surface area (Å²) in [7, 11) is 0. The Balaban J connectivity index is 2.61. The third-order valence-electron chi connectivity index (χ3n) is 3.53. The summed E-state index contributed by atoms with van der Waals surface area (Å²) in [6.45, 7) is 5.27. The van der Waals surface area contributed by atoms with Gasteiger partial charge in [0, 0.05) is 6.04 Å². The van der Waals surface area contributed by atoms with Crippen LogP contribution in [0.1, 0.15) is 39.5 Å². The van der Waals surface area contributed by atoms with Crippen LogP contribution in [0, 0.1) is 5.92 Å². The number of carbonyl (C=O) groups excluding carboxylic acids is 1. The van der Waals surface area contributed by atoms with E-state index >= 15 is 0 Å². The lowest BCUT2D eigenvalue weighted by Gasteiger charge is -2.28. The maximum atomic E-state index is 11.5. The smallest absolute Gasteiger partial charge is 0.320 e. The summed E-state index contributed by atoms with van der Waals surface area (Å²) in [5.74, 6) is -1.21. The quantitative estimate of drug-likeness (QED) is 0.756. The highest BCUT2D eigenvalue weighted by molar-refractivity contribution is 5.72. The number of rotatable bonds is 5. The minimum Gasteiger partial charge on any atom is -0.481 e. The van der Waals surface area contributed by atoms with Crippen LogP contribution in [0.4, 0.5) is 0 Å². The Morgan fingerprint density at radius 3 is 2.67 bits per heavy atom. The number of aliphatic carboxylic acids is 1. The number of hydrogen-bond acceptors (Lipinski definition) is 4. The first-order valence-corrected chi connectivity index (χ1v) is 6.70. The molecule has 5 nitrogen and oxygen atoms in total. The molecule has 0 spiro atoms. The van der Waals surface area contributed by atoms with Crippen molar-refractivity contribution in [2.75, 3.05) is 19.7 Å². The third kappa shape index (κ3) is 4.29. The van der Waals surface area contributed by atoms with E-state index in [-0.39, 0.29) is 24.5 Å². The van der Waals surface area contributed by atoms with E-state index in [0.29, 0.717) is 19.4 Å². The fraction of sp³-hybridized carbons (Fsp3) is 0.846. The maximum Gasteiger partial charge on any atom is 0.320 e. The van der Waals surface area contributed by atoms with Gasteiger partial charge in [0.1, 0.15) is 0 Å². The number of carboxylic acids is 1. The Labute approximate surface area is 108 Å². The Kier molecular flexibility index (Phi) is 6.12. The van der Waals surface area contributed by atoms with Crippen LogP contribution in [-0.2, 0) is 14.3 Å². The molecule has 0 aromatic rings. The largest absolute Gasteiger partial charge is 0.481 e. The zero-order chi connectivity index (χ0) is 13.5. The van der Waals surface area contributed by atoms with E-state index in [1.54, 1.807) is 6.92 Å².